The summed E-state index contributed by atoms with van der Waals surface area (Å²) >= 11 is 0. The van der Waals surface area contributed by atoms with E-state index in [1.807, 2.05) is 24.3 Å². The fourth-order valence-electron chi connectivity index (χ4n) is 3.46. The molecule has 0 radical (unpaired) electrons. The number of nitrogens with one attached hydrogen (secondary N) is 1. The Morgan fingerprint density at radius 3 is 2.40 bits per heavy atom. The summed E-state index contributed by atoms with van der Waals surface area (Å²) < 4.78 is 0. The Kier molecular flexibility index (Phi) is 4.79. The SMILES string of the molecule is CC(C)c1ccc(N2CCC(C(=O)NC3CC(C(=O)O)C3)C2=O)cc1. The second-order valence-corrected chi connectivity index (χ2v) is 7.29. The molecule has 1 heterocycles. The second-order valence-electron chi connectivity index (χ2n) is 7.29. The summed E-state index contributed by atoms with van der Waals surface area (Å²) in [7, 11) is 0. The van der Waals surface area contributed by atoms with Crippen molar-refractivity contribution >= 4 is 23.5 Å². The van der Waals surface area contributed by atoms with Gasteiger partial charge in [0.15, 0.2) is 0 Å². The molecular weight excluding hydrogens is 320 g/mol. The van der Waals surface area contributed by atoms with E-state index in [1.54, 1.807) is 4.90 Å². The number of anilines is 1. The average molecular weight is 344 g/mol. The lowest BCUT2D eigenvalue weighted by Crippen LogP contribution is -2.49. The highest BCUT2D eigenvalue weighted by Crippen LogP contribution is 2.30. The molecule has 2 amide bonds. The van der Waals surface area contributed by atoms with E-state index in [-0.39, 0.29) is 23.8 Å². The van der Waals surface area contributed by atoms with Crippen molar-refractivity contribution in [3.63, 3.8) is 0 Å². The monoisotopic (exact) mass is 344 g/mol. The Morgan fingerprint density at radius 2 is 1.84 bits per heavy atom. The summed E-state index contributed by atoms with van der Waals surface area (Å²) in [6, 6.07) is 7.76. The normalized spacial score (nSPS) is 25.8. The molecule has 1 atom stereocenters. The standard InChI is InChI=1S/C19H24N2O4/c1-11(2)12-3-5-15(6-4-12)21-8-7-16(18(21)23)17(22)20-14-9-13(10-14)19(24)25/h3-6,11,13-14,16H,7-10H2,1-2H3,(H,20,22)(H,24,25). The van der Waals surface area contributed by atoms with Crippen LogP contribution in [0.4, 0.5) is 5.69 Å². The minimum Gasteiger partial charge on any atom is -0.481 e. The quantitative estimate of drug-likeness (QED) is 0.801. The van der Waals surface area contributed by atoms with Gasteiger partial charge in [-0.15, -0.1) is 0 Å². The van der Waals surface area contributed by atoms with Gasteiger partial charge in [-0.1, -0.05) is 26.0 Å². The van der Waals surface area contributed by atoms with Crippen molar-refractivity contribution in [3.05, 3.63) is 29.8 Å². The molecule has 0 aromatic heterocycles. The van der Waals surface area contributed by atoms with Crippen molar-refractivity contribution in [1.82, 2.24) is 5.32 Å². The first-order valence-electron chi connectivity index (χ1n) is 8.81. The van der Waals surface area contributed by atoms with Gasteiger partial charge in [-0.2, -0.15) is 0 Å². The maximum absolute atomic E-state index is 12.6. The maximum atomic E-state index is 12.6. The third kappa shape index (κ3) is 3.52. The molecular formula is C19H24N2O4. The average Bonchev–Trinajstić information content (AvgIpc) is 2.91. The number of carboxylic acids is 1. The fourth-order valence-corrected chi connectivity index (χ4v) is 3.46. The highest BCUT2D eigenvalue weighted by atomic mass is 16.4. The van der Waals surface area contributed by atoms with Crippen LogP contribution in [0.15, 0.2) is 24.3 Å². The first-order valence-corrected chi connectivity index (χ1v) is 8.81. The van der Waals surface area contributed by atoms with Crippen LogP contribution in [-0.2, 0) is 14.4 Å². The van der Waals surface area contributed by atoms with Crippen LogP contribution in [0.5, 0.6) is 0 Å². The predicted octanol–water partition coefficient (Wildman–Crippen LogP) is 2.14. The Bertz CT molecular complexity index is 677. The van der Waals surface area contributed by atoms with Crippen LogP contribution in [-0.4, -0.2) is 35.5 Å². The highest BCUT2D eigenvalue weighted by molar-refractivity contribution is 6.09. The minimum absolute atomic E-state index is 0.124. The summed E-state index contributed by atoms with van der Waals surface area (Å²) in [5.41, 5.74) is 2.03. The fraction of sp³-hybridized carbons (Fsp3) is 0.526. The summed E-state index contributed by atoms with van der Waals surface area (Å²) in [6.07, 6.45) is 1.39. The van der Waals surface area contributed by atoms with Gasteiger partial charge in [0, 0.05) is 18.3 Å². The van der Waals surface area contributed by atoms with Gasteiger partial charge in [0.05, 0.1) is 5.92 Å². The number of carbonyl (C=O) groups is 3. The smallest absolute Gasteiger partial charge is 0.306 e. The zero-order valence-electron chi connectivity index (χ0n) is 14.6. The van der Waals surface area contributed by atoms with Gasteiger partial charge in [-0.25, -0.2) is 0 Å². The molecule has 1 aromatic carbocycles. The molecule has 1 unspecified atom stereocenters. The molecule has 6 heteroatoms. The Morgan fingerprint density at radius 1 is 1.20 bits per heavy atom. The van der Waals surface area contributed by atoms with E-state index in [4.69, 9.17) is 5.11 Å². The number of hydrogen-bond donors (Lipinski definition) is 2. The summed E-state index contributed by atoms with van der Waals surface area (Å²) in [6.45, 7) is 4.76. The van der Waals surface area contributed by atoms with Crippen molar-refractivity contribution in [2.45, 2.75) is 45.1 Å². The predicted molar refractivity (Wildman–Crippen MR) is 93.3 cm³/mol. The number of carbonyl (C=O) groups excluding carboxylic acids is 2. The number of carboxylic acid groups (broad SMARTS) is 1. The van der Waals surface area contributed by atoms with Crippen LogP contribution < -0.4 is 10.2 Å². The molecule has 0 spiro atoms. The molecule has 3 rings (SSSR count). The van der Waals surface area contributed by atoms with E-state index in [0.717, 1.165) is 5.69 Å². The first-order chi connectivity index (χ1) is 11.9. The van der Waals surface area contributed by atoms with Gasteiger partial charge in [-0.3, -0.25) is 14.4 Å². The van der Waals surface area contributed by atoms with E-state index in [0.29, 0.717) is 31.7 Å². The summed E-state index contributed by atoms with van der Waals surface area (Å²) in [5.74, 6) is -1.89. The number of benzene rings is 1. The van der Waals surface area contributed by atoms with Crippen molar-refractivity contribution in [2.75, 3.05) is 11.4 Å². The van der Waals surface area contributed by atoms with E-state index < -0.39 is 11.9 Å². The van der Waals surface area contributed by atoms with Crippen LogP contribution in [0, 0.1) is 11.8 Å². The Balaban J connectivity index is 1.58. The molecule has 25 heavy (non-hydrogen) atoms. The van der Waals surface area contributed by atoms with Gasteiger partial charge < -0.3 is 15.3 Å². The first kappa shape index (κ1) is 17.5. The van der Waals surface area contributed by atoms with Gasteiger partial charge >= 0.3 is 5.97 Å². The van der Waals surface area contributed by atoms with Crippen molar-refractivity contribution < 1.29 is 19.5 Å². The van der Waals surface area contributed by atoms with E-state index in [2.05, 4.69) is 19.2 Å². The van der Waals surface area contributed by atoms with Crippen molar-refractivity contribution in [1.29, 1.82) is 0 Å². The number of amides is 2. The lowest BCUT2D eigenvalue weighted by Gasteiger charge is -2.33. The lowest BCUT2D eigenvalue weighted by molar-refractivity contribution is -0.146. The number of nitrogens with zero attached hydrogens (tertiary/aromatic N) is 1. The molecule has 1 aliphatic heterocycles. The van der Waals surface area contributed by atoms with Gasteiger partial charge in [0.2, 0.25) is 11.8 Å². The van der Waals surface area contributed by atoms with Crippen LogP contribution in [0.2, 0.25) is 0 Å². The molecule has 1 saturated carbocycles. The molecule has 1 saturated heterocycles. The largest absolute Gasteiger partial charge is 0.481 e. The van der Waals surface area contributed by atoms with Gasteiger partial charge in [0.1, 0.15) is 5.92 Å². The molecule has 2 N–H and O–H groups in total. The van der Waals surface area contributed by atoms with E-state index in [9.17, 15) is 14.4 Å². The number of rotatable bonds is 5. The third-order valence-electron chi connectivity index (χ3n) is 5.23. The zero-order chi connectivity index (χ0) is 18.1. The number of aliphatic carboxylic acids is 1. The van der Waals surface area contributed by atoms with Crippen LogP contribution in [0.1, 0.15) is 44.6 Å². The summed E-state index contributed by atoms with van der Waals surface area (Å²) in [4.78, 5) is 37.4. The second kappa shape index (κ2) is 6.86. The van der Waals surface area contributed by atoms with Crippen LogP contribution in [0.25, 0.3) is 0 Å². The van der Waals surface area contributed by atoms with Gasteiger partial charge in [-0.05, 0) is 42.9 Å². The molecule has 2 aliphatic rings. The molecule has 6 nitrogen and oxygen atoms in total. The third-order valence-corrected chi connectivity index (χ3v) is 5.23. The minimum atomic E-state index is -0.821. The molecule has 0 bridgehead atoms. The van der Waals surface area contributed by atoms with E-state index in [1.165, 1.54) is 5.56 Å². The van der Waals surface area contributed by atoms with E-state index >= 15 is 0 Å². The van der Waals surface area contributed by atoms with Crippen LogP contribution >= 0.6 is 0 Å². The molecule has 134 valence electrons. The Labute approximate surface area is 147 Å². The zero-order valence-corrected chi connectivity index (χ0v) is 14.6. The van der Waals surface area contributed by atoms with Crippen LogP contribution in [0.3, 0.4) is 0 Å². The molecule has 2 fully saturated rings. The maximum Gasteiger partial charge on any atom is 0.306 e. The van der Waals surface area contributed by atoms with Gasteiger partial charge in [0.25, 0.3) is 0 Å². The van der Waals surface area contributed by atoms with Crippen molar-refractivity contribution in [3.8, 4) is 0 Å². The number of hydrogen-bond acceptors (Lipinski definition) is 3. The highest BCUT2D eigenvalue weighted by Gasteiger charge is 2.41. The summed E-state index contributed by atoms with van der Waals surface area (Å²) in [5, 5.41) is 11.7. The lowest BCUT2D eigenvalue weighted by atomic mass is 9.80. The van der Waals surface area contributed by atoms with Crippen molar-refractivity contribution in [2.24, 2.45) is 11.8 Å². The topological polar surface area (TPSA) is 86.7 Å². The molecule has 1 aromatic rings. The molecule has 1 aliphatic carbocycles. The Hall–Kier alpha value is -2.37.